The Balaban J connectivity index is 1.48. The Hall–Kier alpha value is -3.26. The van der Waals surface area contributed by atoms with Crippen LogP contribution in [0.5, 0.6) is 0 Å². The number of hydrogen-bond donors (Lipinski definition) is 0. The summed E-state index contributed by atoms with van der Waals surface area (Å²) in [6.45, 7) is 3.56. The van der Waals surface area contributed by atoms with Gasteiger partial charge >= 0.3 is 6.18 Å². The lowest BCUT2D eigenvalue weighted by Crippen LogP contribution is -2.39. The molecule has 176 valence electrons. The van der Waals surface area contributed by atoms with Crippen molar-refractivity contribution >= 4 is 11.1 Å². The second kappa shape index (κ2) is 8.51. The van der Waals surface area contributed by atoms with Gasteiger partial charge in [0, 0.05) is 28.9 Å². The molecule has 0 N–H and O–H groups in total. The fourth-order valence-electron chi connectivity index (χ4n) is 4.72. The maximum Gasteiger partial charge on any atom is 0.401 e. The smallest absolute Gasteiger partial charge is 0.401 e. The van der Waals surface area contributed by atoms with Gasteiger partial charge in [0.15, 0.2) is 16.8 Å². The standard InChI is InChI=1S/C26H24F3N3O2/c1-15-16(2)24(33)22(25-23(15)31-20-5-3-4-6-21(20)34-25)18-7-8-19(30-13-18)17-9-11-32(12-10-17)14-26(27,28)29/h3-8,13,17H,9-12,14H2,1-2H3. The fraction of sp³-hybridized carbons (Fsp3) is 0.346. The molecule has 0 bridgehead atoms. The van der Waals surface area contributed by atoms with E-state index in [0.717, 1.165) is 11.3 Å². The van der Waals surface area contributed by atoms with Gasteiger partial charge in [0.05, 0.1) is 12.1 Å². The van der Waals surface area contributed by atoms with Gasteiger partial charge in [-0.2, -0.15) is 13.2 Å². The van der Waals surface area contributed by atoms with E-state index < -0.39 is 12.7 Å². The summed E-state index contributed by atoms with van der Waals surface area (Å²) < 4.78 is 44.1. The van der Waals surface area contributed by atoms with Crippen molar-refractivity contribution in [2.75, 3.05) is 19.6 Å². The summed E-state index contributed by atoms with van der Waals surface area (Å²) in [7, 11) is 0. The Labute approximate surface area is 194 Å². The monoisotopic (exact) mass is 467 g/mol. The number of halogens is 3. The van der Waals surface area contributed by atoms with Crippen LogP contribution in [0.15, 0.2) is 51.8 Å². The molecule has 1 aromatic heterocycles. The van der Waals surface area contributed by atoms with Crippen molar-refractivity contribution < 1.29 is 17.6 Å². The van der Waals surface area contributed by atoms with Crippen LogP contribution in [-0.2, 0) is 0 Å². The number of alkyl halides is 3. The highest BCUT2D eigenvalue weighted by molar-refractivity contribution is 5.86. The van der Waals surface area contributed by atoms with Crippen LogP contribution in [0.25, 0.3) is 33.7 Å². The summed E-state index contributed by atoms with van der Waals surface area (Å²) in [5.41, 5.74) is 5.12. The lowest BCUT2D eigenvalue weighted by Gasteiger charge is -2.32. The van der Waals surface area contributed by atoms with Gasteiger partial charge in [-0.05, 0) is 63.5 Å². The van der Waals surface area contributed by atoms with Crippen LogP contribution >= 0.6 is 0 Å². The normalized spacial score (nSPS) is 15.9. The van der Waals surface area contributed by atoms with Gasteiger partial charge in [0.2, 0.25) is 0 Å². The molecule has 1 aliphatic carbocycles. The maximum atomic E-state index is 13.3. The minimum absolute atomic E-state index is 0.0945. The minimum Gasteiger partial charge on any atom is -0.452 e. The van der Waals surface area contributed by atoms with Gasteiger partial charge < -0.3 is 4.42 Å². The van der Waals surface area contributed by atoms with Crippen molar-refractivity contribution in [1.29, 1.82) is 0 Å². The molecule has 1 fully saturated rings. The largest absolute Gasteiger partial charge is 0.452 e. The van der Waals surface area contributed by atoms with E-state index in [1.54, 1.807) is 13.1 Å². The quantitative estimate of drug-likeness (QED) is 0.361. The van der Waals surface area contributed by atoms with Crippen molar-refractivity contribution in [2.24, 2.45) is 0 Å². The average Bonchev–Trinajstić information content (AvgIpc) is 2.82. The van der Waals surface area contributed by atoms with Crippen LogP contribution in [0.1, 0.15) is 35.6 Å². The van der Waals surface area contributed by atoms with E-state index in [1.165, 1.54) is 4.90 Å². The van der Waals surface area contributed by atoms with E-state index in [4.69, 9.17) is 9.40 Å². The summed E-state index contributed by atoms with van der Waals surface area (Å²) in [4.78, 5) is 24.1. The third-order valence-corrected chi connectivity index (χ3v) is 6.72. The Kier molecular flexibility index (Phi) is 5.64. The Morgan fingerprint density at radius 3 is 2.47 bits per heavy atom. The van der Waals surface area contributed by atoms with E-state index >= 15 is 0 Å². The van der Waals surface area contributed by atoms with E-state index in [-0.39, 0.29) is 11.3 Å². The number of rotatable bonds is 3. The van der Waals surface area contributed by atoms with Crippen LogP contribution in [0, 0.1) is 13.8 Å². The second-order valence-electron chi connectivity index (χ2n) is 8.95. The Bertz CT molecular complexity index is 1370. The van der Waals surface area contributed by atoms with Gasteiger partial charge in [-0.3, -0.25) is 14.7 Å². The first-order chi connectivity index (χ1) is 16.2. The van der Waals surface area contributed by atoms with Crippen LogP contribution in [0.4, 0.5) is 13.2 Å². The van der Waals surface area contributed by atoms with Gasteiger partial charge in [-0.15, -0.1) is 0 Å². The Morgan fingerprint density at radius 2 is 1.79 bits per heavy atom. The van der Waals surface area contributed by atoms with Crippen molar-refractivity contribution in [2.45, 2.75) is 38.8 Å². The van der Waals surface area contributed by atoms with Gasteiger partial charge in [0.25, 0.3) is 0 Å². The van der Waals surface area contributed by atoms with Crippen molar-refractivity contribution in [3.8, 4) is 22.6 Å². The molecular weight excluding hydrogens is 443 g/mol. The zero-order chi connectivity index (χ0) is 24.0. The molecule has 1 aromatic carbocycles. The number of likely N-dealkylation sites (tertiary alicyclic amines) is 1. The van der Waals surface area contributed by atoms with Crippen molar-refractivity contribution in [1.82, 2.24) is 14.9 Å². The predicted octanol–water partition coefficient (Wildman–Crippen LogP) is 5.71. The molecule has 0 spiro atoms. The Morgan fingerprint density at radius 1 is 1.06 bits per heavy atom. The molecule has 5 nitrogen and oxygen atoms in total. The summed E-state index contributed by atoms with van der Waals surface area (Å²) >= 11 is 0. The minimum atomic E-state index is -4.18. The molecule has 2 aliphatic heterocycles. The third-order valence-electron chi connectivity index (χ3n) is 6.72. The summed E-state index contributed by atoms with van der Waals surface area (Å²) in [5, 5.41) is 0. The van der Waals surface area contributed by atoms with E-state index in [0.29, 0.717) is 65.2 Å². The van der Waals surface area contributed by atoms with E-state index in [9.17, 15) is 18.0 Å². The molecular formula is C26H24F3N3O2. The number of aromatic nitrogens is 2. The summed E-state index contributed by atoms with van der Waals surface area (Å²) in [5.74, 6) is 0.527. The molecule has 0 unspecified atom stereocenters. The topological polar surface area (TPSA) is 59.2 Å². The highest BCUT2D eigenvalue weighted by Crippen LogP contribution is 2.36. The van der Waals surface area contributed by atoms with Crippen LogP contribution in [0.2, 0.25) is 0 Å². The summed E-state index contributed by atoms with van der Waals surface area (Å²) in [6, 6.07) is 11.1. The molecule has 0 saturated carbocycles. The lowest BCUT2D eigenvalue weighted by atomic mass is 9.91. The fourth-order valence-corrected chi connectivity index (χ4v) is 4.72. The molecule has 5 rings (SSSR count). The molecule has 3 heterocycles. The van der Waals surface area contributed by atoms with E-state index in [2.05, 4.69) is 4.98 Å². The molecule has 0 atom stereocenters. The van der Waals surface area contributed by atoms with Gasteiger partial charge in [-0.25, -0.2) is 4.98 Å². The molecule has 8 heteroatoms. The van der Waals surface area contributed by atoms with Crippen molar-refractivity contribution in [3.05, 3.63) is 69.6 Å². The highest BCUT2D eigenvalue weighted by atomic mass is 19.4. The summed E-state index contributed by atoms with van der Waals surface area (Å²) in [6.07, 6.45) is -1.28. The van der Waals surface area contributed by atoms with Gasteiger partial charge in [0.1, 0.15) is 11.2 Å². The average molecular weight is 467 g/mol. The van der Waals surface area contributed by atoms with Crippen LogP contribution in [0.3, 0.4) is 0 Å². The first-order valence-corrected chi connectivity index (χ1v) is 11.3. The second-order valence-corrected chi connectivity index (χ2v) is 8.95. The highest BCUT2D eigenvalue weighted by Gasteiger charge is 2.33. The third kappa shape index (κ3) is 4.18. The number of piperidine rings is 1. The molecule has 1 saturated heterocycles. The first kappa shape index (κ1) is 22.5. The number of hydrogen-bond acceptors (Lipinski definition) is 5. The molecule has 2 aromatic rings. The molecule has 3 aliphatic rings. The van der Waals surface area contributed by atoms with Gasteiger partial charge in [-0.1, -0.05) is 18.2 Å². The number of benzene rings is 2. The van der Waals surface area contributed by atoms with E-state index in [1.807, 2.05) is 43.3 Å². The maximum absolute atomic E-state index is 13.3. The molecule has 0 amide bonds. The number of para-hydroxylation sites is 2. The first-order valence-electron chi connectivity index (χ1n) is 11.3. The zero-order valence-corrected chi connectivity index (χ0v) is 18.9. The van der Waals surface area contributed by atoms with Crippen LogP contribution < -0.4 is 5.43 Å². The number of fused-ring (bicyclic) bond motifs is 2. The van der Waals surface area contributed by atoms with Crippen molar-refractivity contribution in [3.63, 3.8) is 0 Å². The lowest BCUT2D eigenvalue weighted by molar-refractivity contribution is -0.147. The SMILES string of the molecule is Cc1c2nc3ccccc3oc-2c(-c2ccc(C3CCN(CC(F)(F)F)CC3)nc2)c(=O)c1C. The molecule has 34 heavy (non-hydrogen) atoms. The zero-order valence-electron chi connectivity index (χ0n) is 18.9. The number of pyridine rings is 1. The van der Waals surface area contributed by atoms with Crippen LogP contribution in [-0.4, -0.2) is 40.7 Å². The number of nitrogens with zero attached hydrogens (tertiary/aromatic N) is 3. The molecule has 0 radical (unpaired) electrons. The predicted molar refractivity (Wildman–Crippen MR) is 124 cm³/mol.